The lowest BCUT2D eigenvalue weighted by atomic mass is 9.95. The zero-order valence-corrected chi connectivity index (χ0v) is 24.7. The number of ether oxygens (including phenoxy) is 3. The molecule has 2 atom stereocenters. The van der Waals surface area contributed by atoms with Gasteiger partial charge in [-0.1, -0.05) is 30.3 Å². The van der Waals surface area contributed by atoms with Crippen LogP contribution in [0, 0.1) is 0 Å². The Labute approximate surface area is 245 Å². The number of rotatable bonds is 7. The van der Waals surface area contributed by atoms with Crippen LogP contribution in [0.3, 0.4) is 0 Å². The van der Waals surface area contributed by atoms with Crippen LogP contribution in [0.25, 0.3) is 11.1 Å². The molecule has 9 nitrogen and oxygen atoms in total. The molecule has 0 unspecified atom stereocenters. The number of nitrogens with one attached hydrogen (secondary N) is 2. The van der Waals surface area contributed by atoms with Gasteiger partial charge in [0, 0.05) is 25.6 Å². The fourth-order valence-electron chi connectivity index (χ4n) is 6.08. The van der Waals surface area contributed by atoms with E-state index in [1.165, 1.54) is 12.5 Å². The van der Waals surface area contributed by atoms with E-state index >= 15 is 0 Å². The molecule has 0 fully saturated rings. The van der Waals surface area contributed by atoms with Gasteiger partial charge >= 0.3 is 0 Å². The maximum atomic E-state index is 13.6. The van der Waals surface area contributed by atoms with Crippen LogP contribution in [0.2, 0.25) is 0 Å². The monoisotopic (exact) mass is 571 g/mol. The van der Waals surface area contributed by atoms with Gasteiger partial charge in [-0.3, -0.25) is 14.4 Å². The van der Waals surface area contributed by atoms with E-state index in [9.17, 15) is 14.4 Å². The number of fused-ring (bicyclic) bond motifs is 4. The van der Waals surface area contributed by atoms with E-state index in [1.54, 1.807) is 40.4 Å². The Bertz CT molecular complexity index is 1590. The Balaban J connectivity index is 1.55. The Morgan fingerprint density at radius 1 is 0.929 bits per heavy atom. The number of carbonyl (C=O) groups excluding carboxylic acids is 2. The molecule has 2 N–H and O–H groups in total. The molecule has 0 saturated carbocycles. The summed E-state index contributed by atoms with van der Waals surface area (Å²) in [5, 5.41) is 6.19. The van der Waals surface area contributed by atoms with E-state index in [0.29, 0.717) is 54.4 Å². The standard InChI is InChI=1S/C33H37N3O6/c1-19(33(39)36-15-14-21-8-6-7-9-23(21)18-36)34-27-13-11-24-25(17-28(27)38)26(35-20(2)37)12-10-22-16-29(40-3)31(41-4)32(42-5)30(22)24/h6-9,11,13,16-17,19,26H,10,12,14-15,18H2,1-5H3,(H,34,38)(H,35,37)/t19-,26-/m0/s1. The van der Waals surface area contributed by atoms with E-state index in [4.69, 9.17) is 14.2 Å². The maximum absolute atomic E-state index is 13.6. The Hall–Kier alpha value is -4.53. The Kier molecular flexibility index (Phi) is 8.38. The van der Waals surface area contributed by atoms with Crippen LogP contribution in [0.1, 0.15) is 48.6 Å². The van der Waals surface area contributed by atoms with Gasteiger partial charge in [-0.15, -0.1) is 0 Å². The molecule has 0 bridgehead atoms. The first-order valence-corrected chi connectivity index (χ1v) is 14.1. The predicted octanol–water partition coefficient (Wildman–Crippen LogP) is 4.25. The number of anilines is 1. The summed E-state index contributed by atoms with van der Waals surface area (Å²) in [5.41, 5.74) is 5.54. The van der Waals surface area contributed by atoms with Gasteiger partial charge in [0.1, 0.15) is 6.04 Å². The highest BCUT2D eigenvalue weighted by atomic mass is 16.5. The SMILES string of the molecule is COc1cc2c(c(OC)c1OC)-c1ccc(N[C@@H](C)C(=O)N3CCc4ccccc4C3)c(=O)cc1[C@@H](NC(C)=O)CC2. The number of carbonyl (C=O) groups is 2. The molecule has 1 heterocycles. The van der Waals surface area contributed by atoms with Crippen molar-refractivity contribution >= 4 is 17.5 Å². The van der Waals surface area contributed by atoms with Gasteiger partial charge in [-0.2, -0.15) is 0 Å². The lowest BCUT2D eigenvalue weighted by Crippen LogP contribution is -2.44. The molecule has 9 heteroatoms. The molecule has 0 saturated heterocycles. The first-order chi connectivity index (χ1) is 20.2. The number of methoxy groups -OCH3 is 3. The number of benzene rings is 2. The number of amides is 2. The third-order valence-corrected chi connectivity index (χ3v) is 8.10. The highest BCUT2D eigenvalue weighted by molar-refractivity contribution is 5.86. The zero-order valence-electron chi connectivity index (χ0n) is 24.7. The van der Waals surface area contributed by atoms with Crippen LogP contribution in [-0.4, -0.2) is 50.6 Å². The van der Waals surface area contributed by atoms with Crippen molar-refractivity contribution in [2.45, 2.75) is 51.7 Å². The quantitative estimate of drug-likeness (QED) is 0.437. The molecular formula is C33H37N3O6. The third-order valence-electron chi connectivity index (χ3n) is 8.10. The molecule has 220 valence electrons. The molecule has 2 amide bonds. The van der Waals surface area contributed by atoms with E-state index < -0.39 is 12.1 Å². The summed E-state index contributed by atoms with van der Waals surface area (Å²) in [6, 6.07) is 14.1. The van der Waals surface area contributed by atoms with E-state index in [-0.39, 0.29) is 17.2 Å². The summed E-state index contributed by atoms with van der Waals surface area (Å²) >= 11 is 0. The molecular weight excluding hydrogens is 534 g/mol. The van der Waals surface area contributed by atoms with Crippen molar-refractivity contribution in [2.24, 2.45) is 0 Å². The average Bonchev–Trinajstić information content (AvgIpc) is 3.23. The topological polar surface area (TPSA) is 106 Å². The molecule has 42 heavy (non-hydrogen) atoms. The van der Waals surface area contributed by atoms with Crippen LogP contribution < -0.4 is 30.3 Å². The van der Waals surface area contributed by atoms with Crippen LogP contribution in [0.15, 0.2) is 53.3 Å². The maximum Gasteiger partial charge on any atom is 0.245 e. The van der Waals surface area contributed by atoms with E-state index in [2.05, 4.69) is 22.8 Å². The molecule has 3 aromatic carbocycles. The first kappa shape index (κ1) is 29.0. The van der Waals surface area contributed by atoms with Gasteiger partial charge in [0.15, 0.2) is 11.5 Å². The van der Waals surface area contributed by atoms with Crippen molar-refractivity contribution in [1.29, 1.82) is 0 Å². The molecule has 2 aliphatic rings. The van der Waals surface area contributed by atoms with Gasteiger partial charge in [0.2, 0.25) is 23.0 Å². The minimum Gasteiger partial charge on any atom is -0.493 e. The van der Waals surface area contributed by atoms with Crippen molar-refractivity contribution in [2.75, 3.05) is 33.2 Å². The summed E-state index contributed by atoms with van der Waals surface area (Å²) in [6.45, 7) is 4.41. The first-order valence-electron chi connectivity index (χ1n) is 14.1. The van der Waals surface area contributed by atoms with Gasteiger partial charge in [-0.25, -0.2) is 0 Å². The summed E-state index contributed by atoms with van der Waals surface area (Å²) < 4.78 is 17.1. The summed E-state index contributed by atoms with van der Waals surface area (Å²) in [5.74, 6) is 1.19. The third kappa shape index (κ3) is 5.51. The normalized spacial score (nSPS) is 16.1. The molecule has 0 aromatic heterocycles. The Morgan fingerprint density at radius 3 is 2.36 bits per heavy atom. The molecule has 0 radical (unpaired) electrons. The van der Waals surface area contributed by atoms with Gasteiger partial charge in [0.05, 0.1) is 33.1 Å². The van der Waals surface area contributed by atoms with Crippen LogP contribution >= 0.6 is 0 Å². The number of hydrogen-bond donors (Lipinski definition) is 2. The second-order valence-corrected chi connectivity index (χ2v) is 10.7. The van der Waals surface area contributed by atoms with Crippen LogP contribution in [0.4, 0.5) is 5.69 Å². The van der Waals surface area contributed by atoms with Gasteiger partial charge in [-0.05, 0) is 72.2 Å². The minimum atomic E-state index is -0.623. The number of hydrogen-bond acceptors (Lipinski definition) is 7. The minimum absolute atomic E-state index is 0.0723. The molecule has 3 aromatic rings. The summed E-state index contributed by atoms with van der Waals surface area (Å²) in [4.78, 5) is 41.1. The lowest BCUT2D eigenvalue weighted by molar-refractivity contribution is -0.132. The van der Waals surface area contributed by atoms with Gasteiger partial charge < -0.3 is 29.7 Å². The highest BCUT2D eigenvalue weighted by Gasteiger charge is 2.30. The van der Waals surface area contributed by atoms with Crippen molar-refractivity contribution in [1.82, 2.24) is 10.2 Å². The molecule has 5 rings (SSSR count). The molecule has 1 aliphatic heterocycles. The second kappa shape index (κ2) is 12.1. The van der Waals surface area contributed by atoms with Crippen molar-refractivity contribution < 1.29 is 23.8 Å². The molecule has 0 spiro atoms. The van der Waals surface area contributed by atoms with Gasteiger partial charge in [0.25, 0.3) is 0 Å². The summed E-state index contributed by atoms with van der Waals surface area (Å²) in [6.07, 6.45) is 1.98. The summed E-state index contributed by atoms with van der Waals surface area (Å²) in [7, 11) is 4.68. The lowest BCUT2D eigenvalue weighted by Gasteiger charge is -2.31. The largest absolute Gasteiger partial charge is 0.493 e. The smallest absolute Gasteiger partial charge is 0.245 e. The van der Waals surface area contributed by atoms with E-state index in [0.717, 1.165) is 28.7 Å². The van der Waals surface area contributed by atoms with Crippen LogP contribution in [0.5, 0.6) is 17.2 Å². The fourth-order valence-corrected chi connectivity index (χ4v) is 6.08. The molecule has 1 aliphatic carbocycles. The van der Waals surface area contributed by atoms with Crippen molar-refractivity contribution in [3.05, 3.63) is 81.0 Å². The predicted molar refractivity (Wildman–Crippen MR) is 161 cm³/mol. The zero-order chi connectivity index (χ0) is 30.0. The highest BCUT2D eigenvalue weighted by Crippen LogP contribution is 2.50. The van der Waals surface area contributed by atoms with Crippen LogP contribution in [-0.2, 0) is 29.0 Å². The number of nitrogens with zero attached hydrogens (tertiary/aromatic N) is 1. The Morgan fingerprint density at radius 2 is 1.67 bits per heavy atom. The fraction of sp³-hybridized carbons (Fsp3) is 0.364. The second-order valence-electron chi connectivity index (χ2n) is 10.7. The number of aryl methyl sites for hydroxylation is 1. The average molecular weight is 572 g/mol. The van der Waals surface area contributed by atoms with E-state index in [1.807, 2.05) is 29.2 Å². The van der Waals surface area contributed by atoms with Crippen molar-refractivity contribution in [3.63, 3.8) is 0 Å². The van der Waals surface area contributed by atoms with Crippen molar-refractivity contribution in [3.8, 4) is 28.4 Å².